The molecule has 0 spiro atoms. The van der Waals surface area contributed by atoms with E-state index in [-0.39, 0.29) is 18.7 Å². The third kappa shape index (κ3) is 4.17. The lowest BCUT2D eigenvalue weighted by atomic mass is 10.2. The largest absolute Gasteiger partial charge is 0.478 e. The summed E-state index contributed by atoms with van der Waals surface area (Å²) in [5, 5.41) is 10.9. The van der Waals surface area contributed by atoms with Gasteiger partial charge in [0.15, 0.2) is 0 Å². The summed E-state index contributed by atoms with van der Waals surface area (Å²) in [6.45, 7) is -0.309. The van der Waals surface area contributed by atoms with Gasteiger partial charge >= 0.3 is 12.0 Å². The Morgan fingerprint density at radius 3 is 2.50 bits per heavy atom. The Labute approximate surface area is 113 Å². The minimum Gasteiger partial charge on any atom is -0.478 e. The van der Waals surface area contributed by atoms with Crippen molar-refractivity contribution in [2.24, 2.45) is 5.73 Å². The zero-order valence-corrected chi connectivity index (χ0v) is 10.9. The smallest absolute Gasteiger partial charge is 0.335 e. The molecule has 0 atom stereocenters. The highest BCUT2D eigenvalue weighted by atomic mass is 32.2. The van der Waals surface area contributed by atoms with Crippen LogP contribution in [0, 0.1) is 5.82 Å². The van der Waals surface area contributed by atoms with Crippen LogP contribution in [0.4, 0.5) is 9.18 Å². The van der Waals surface area contributed by atoms with Gasteiger partial charge in [0.2, 0.25) is 10.0 Å². The van der Waals surface area contributed by atoms with E-state index >= 15 is 0 Å². The Kier molecular flexibility index (Phi) is 5.00. The zero-order valence-electron chi connectivity index (χ0n) is 10.1. The van der Waals surface area contributed by atoms with Gasteiger partial charge in [-0.3, -0.25) is 0 Å². The van der Waals surface area contributed by atoms with E-state index in [0.29, 0.717) is 6.07 Å². The van der Waals surface area contributed by atoms with Crippen LogP contribution in [-0.2, 0) is 10.0 Å². The van der Waals surface area contributed by atoms with Crippen molar-refractivity contribution >= 4 is 22.0 Å². The van der Waals surface area contributed by atoms with E-state index in [2.05, 4.69) is 5.32 Å². The second-order valence-electron chi connectivity index (χ2n) is 3.64. The lowest BCUT2D eigenvalue weighted by molar-refractivity contribution is 0.0696. The normalized spacial score (nSPS) is 11.1. The number of nitrogens with two attached hydrogens (primary N) is 1. The molecule has 0 aliphatic heterocycles. The van der Waals surface area contributed by atoms with Gasteiger partial charge in [-0.1, -0.05) is 0 Å². The molecule has 0 saturated carbocycles. The van der Waals surface area contributed by atoms with Crippen LogP contribution in [-0.4, -0.2) is 38.6 Å². The summed E-state index contributed by atoms with van der Waals surface area (Å²) in [7, 11) is -4.23. The van der Waals surface area contributed by atoms with Crippen LogP contribution >= 0.6 is 0 Å². The molecule has 1 rings (SSSR count). The maximum atomic E-state index is 13.5. The summed E-state index contributed by atoms with van der Waals surface area (Å²) in [4.78, 5) is 20.3. The molecule has 0 unspecified atom stereocenters. The average Bonchev–Trinajstić information content (AvgIpc) is 2.34. The third-order valence-corrected chi connectivity index (χ3v) is 3.66. The first-order valence-electron chi connectivity index (χ1n) is 5.30. The SMILES string of the molecule is NC(=O)NCCNS(=O)(=O)c1cc(C(=O)O)ccc1F. The Hall–Kier alpha value is -2.20. The second-order valence-corrected chi connectivity index (χ2v) is 5.37. The molecule has 0 aliphatic carbocycles. The molecule has 20 heavy (non-hydrogen) atoms. The molecule has 0 bridgehead atoms. The fourth-order valence-electron chi connectivity index (χ4n) is 1.29. The highest BCUT2D eigenvalue weighted by Gasteiger charge is 2.20. The summed E-state index contributed by atoms with van der Waals surface area (Å²) in [6, 6.07) is 1.58. The highest BCUT2D eigenvalue weighted by molar-refractivity contribution is 7.89. The number of nitrogens with one attached hydrogen (secondary N) is 2. The van der Waals surface area contributed by atoms with Crippen LogP contribution in [0.3, 0.4) is 0 Å². The molecular formula is C10H12FN3O5S. The van der Waals surface area contributed by atoms with Gasteiger partial charge in [-0.15, -0.1) is 0 Å². The van der Waals surface area contributed by atoms with Crippen LogP contribution < -0.4 is 15.8 Å². The predicted octanol–water partition coefficient (Wildman–Crippen LogP) is -0.529. The van der Waals surface area contributed by atoms with Crippen molar-refractivity contribution in [3.8, 4) is 0 Å². The van der Waals surface area contributed by atoms with E-state index < -0.39 is 32.7 Å². The summed E-state index contributed by atoms with van der Waals surface area (Å²) in [6.07, 6.45) is 0. The number of hydrogen-bond donors (Lipinski definition) is 4. The van der Waals surface area contributed by atoms with E-state index in [0.717, 1.165) is 12.1 Å². The van der Waals surface area contributed by atoms with Crippen LogP contribution in [0.15, 0.2) is 23.1 Å². The topological polar surface area (TPSA) is 139 Å². The minimum atomic E-state index is -4.23. The summed E-state index contributed by atoms with van der Waals surface area (Å²) < 4.78 is 39.0. The number of urea groups is 1. The van der Waals surface area contributed by atoms with Crippen LogP contribution in [0.5, 0.6) is 0 Å². The Bertz CT molecular complexity index is 632. The number of carboxylic acid groups (broad SMARTS) is 1. The van der Waals surface area contributed by atoms with Crippen molar-refractivity contribution in [3.63, 3.8) is 0 Å². The molecule has 5 N–H and O–H groups in total. The van der Waals surface area contributed by atoms with Crippen molar-refractivity contribution in [1.29, 1.82) is 0 Å². The van der Waals surface area contributed by atoms with Crippen molar-refractivity contribution in [2.45, 2.75) is 4.90 Å². The number of aromatic carboxylic acids is 1. The van der Waals surface area contributed by atoms with Gasteiger partial charge in [0.05, 0.1) is 5.56 Å². The Balaban J connectivity index is 2.89. The molecular weight excluding hydrogens is 293 g/mol. The quantitative estimate of drug-likeness (QED) is 0.523. The van der Waals surface area contributed by atoms with Gasteiger partial charge in [-0.25, -0.2) is 27.1 Å². The fourth-order valence-corrected chi connectivity index (χ4v) is 2.42. The van der Waals surface area contributed by atoms with Crippen molar-refractivity contribution in [3.05, 3.63) is 29.6 Å². The van der Waals surface area contributed by atoms with Crippen LogP contribution in [0.1, 0.15) is 10.4 Å². The maximum Gasteiger partial charge on any atom is 0.335 e. The molecule has 0 saturated heterocycles. The van der Waals surface area contributed by atoms with Gasteiger partial charge in [-0.05, 0) is 18.2 Å². The number of halogens is 1. The van der Waals surface area contributed by atoms with Crippen LogP contribution in [0.25, 0.3) is 0 Å². The average molecular weight is 305 g/mol. The number of carbonyl (C=O) groups excluding carboxylic acids is 1. The maximum absolute atomic E-state index is 13.5. The molecule has 0 fully saturated rings. The van der Waals surface area contributed by atoms with Crippen molar-refractivity contribution in [1.82, 2.24) is 10.0 Å². The molecule has 2 amide bonds. The third-order valence-electron chi connectivity index (χ3n) is 2.18. The first-order valence-corrected chi connectivity index (χ1v) is 6.78. The molecule has 110 valence electrons. The van der Waals surface area contributed by atoms with Gasteiger partial charge in [0.25, 0.3) is 0 Å². The molecule has 0 aromatic heterocycles. The predicted molar refractivity (Wildman–Crippen MR) is 66.1 cm³/mol. The number of amides is 2. The molecule has 0 aliphatic rings. The molecule has 0 radical (unpaired) electrons. The van der Waals surface area contributed by atoms with Gasteiger partial charge in [0.1, 0.15) is 10.7 Å². The monoisotopic (exact) mass is 305 g/mol. The van der Waals surface area contributed by atoms with Crippen LogP contribution in [0.2, 0.25) is 0 Å². The van der Waals surface area contributed by atoms with Crippen molar-refractivity contribution in [2.75, 3.05) is 13.1 Å². The molecule has 1 aromatic carbocycles. The second kappa shape index (κ2) is 6.30. The number of rotatable bonds is 6. The number of carboxylic acids is 1. The lowest BCUT2D eigenvalue weighted by Gasteiger charge is -2.08. The number of primary amides is 1. The van der Waals surface area contributed by atoms with E-state index in [9.17, 15) is 22.4 Å². The minimum absolute atomic E-state index is 0.0885. The Morgan fingerprint density at radius 1 is 1.30 bits per heavy atom. The molecule has 8 nitrogen and oxygen atoms in total. The fraction of sp³-hybridized carbons (Fsp3) is 0.200. The lowest BCUT2D eigenvalue weighted by Crippen LogP contribution is -2.37. The number of sulfonamides is 1. The molecule has 1 aromatic rings. The summed E-state index contributed by atoms with van der Waals surface area (Å²) in [5.41, 5.74) is 4.42. The Morgan fingerprint density at radius 2 is 1.95 bits per heavy atom. The molecule has 0 heterocycles. The zero-order chi connectivity index (χ0) is 15.3. The van der Waals surface area contributed by atoms with E-state index in [1.807, 2.05) is 4.72 Å². The van der Waals surface area contributed by atoms with E-state index in [4.69, 9.17) is 10.8 Å². The van der Waals surface area contributed by atoms with Gasteiger partial charge < -0.3 is 16.2 Å². The first kappa shape index (κ1) is 15.9. The number of hydrogen-bond acceptors (Lipinski definition) is 4. The number of benzene rings is 1. The first-order chi connectivity index (χ1) is 9.24. The standard InChI is InChI=1S/C10H12FN3O5S/c11-7-2-1-6(9(15)16)5-8(7)20(18,19)14-4-3-13-10(12)17/h1-2,5,14H,3-4H2,(H,15,16)(H3,12,13,17). The van der Waals surface area contributed by atoms with E-state index in [1.54, 1.807) is 0 Å². The van der Waals surface area contributed by atoms with Gasteiger partial charge in [-0.2, -0.15) is 0 Å². The van der Waals surface area contributed by atoms with Crippen molar-refractivity contribution < 1.29 is 27.5 Å². The molecule has 10 heteroatoms. The highest BCUT2D eigenvalue weighted by Crippen LogP contribution is 2.16. The van der Waals surface area contributed by atoms with Gasteiger partial charge in [0, 0.05) is 13.1 Å². The van der Waals surface area contributed by atoms with E-state index in [1.165, 1.54) is 0 Å². The summed E-state index contributed by atoms with van der Waals surface area (Å²) >= 11 is 0. The number of carbonyl (C=O) groups is 2. The summed E-state index contributed by atoms with van der Waals surface area (Å²) in [5.74, 6) is -2.46.